The van der Waals surface area contributed by atoms with E-state index in [0.29, 0.717) is 36.7 Å². The summed E-state index contributed by atoms with van der Waals surface area (Å²) < 4.78 is 103. The quantitative estimate of drug-likeness (QED) is 0.0831. The Bertz CT molecular complexity index is 2550. The number of allylic oxidation sites excluding steroid dienone is 4. The molecule has 4 aromatic carbocycles. The Morgan fingerprint density at radius 2 is 1.43 bits per heavy atom. The van der Waals surface area contributed by atoms with E-state index in [1.165, 1.54) is 6.07 Å². The van der Waals surface area contributed by atoms with Gasteiger partial charge in [0.05, 0.1) is 21.3 Å². The molecule has 0 saturated carbocycles. The lowest BCUT2D eigenvalue weighted by Gasteiger charge is -2.27. The maximum absolute atomic E-state index is 12.3. The van der Waals surface area contributed by atoms with Crippen LogP contribution in [0.1, 0.15) is 64.5 Å². The minimum Gasteiger partial charge on any atom is -0.748 e. The number of unbranched alkanes of at least 4 members (excludes halogenated alkanes) is 2. The third-order valence-corrected chi connectivity index (χ3v) is 13.0. The SMILES string of the molecule is CC1(C)C(/C=C/C=C2\N(CCCCS(=O)(=O)[O-])c3ccc4ccccc4c3C2(C)C)=[N+](CCCCS(=O)(=O)O)c2ccc3c(S(=O)(=O)O)cccc3c21. The van der Waals surface area contributed by atoms with Gasteiger partial charge in [-0.1, -0.05) is 62.4 Å². The summed E-state index contributed by atoms with van der Waals surface area (Å²) in [4.78, 5) is 2.01. The molecule has 6 rings (SSSR count). The zero-order valence-corrected chi connectivity index (χ0v) is 32.6. The van der Waals surface area contributed by atoms with Crippen LogP contribution >= 0.6 is 0 Å². The maximum atomic E-state index is 12.3. The molecule has 0 spiro atoms. The molecule has 4 aromatic rings. The normalized spacial score (nSPS) is 17.8. The molecule has 11 nitrogen and oxygen atoms in total. The van der Waals surface area contributed by atoms with Gasteiger partial charge in [0.2, 0.25) is 5.69 Å². The van der Waals surface area contributed by atoms with E-state index >= 15 is 0 Å². The largest absolute Gasteiger partial charge is 0.748 e. The van der Waals surface area contributed by atoms with Gasteiger partial charge < -0.3 is 9.45 Å². The fourth-order valence-electron chi connectivity index (χ4n) is 8.17. The fraction of sp³-hybridized carbons (Fsp3) is 0.359. The van der Waals surface area contributed by atoms with Crippen molar-refractivity contribution in [3.8, 4) is 0 Å². The second-order valence-corrected chi connectivity index (χ2v) is 19.3. The minimum absolute atomic E-state index is 0.189. The predicted octanol–water partition coefficient (Wildman–Crippen LogP) is 6.85. The highest BCUT2D eigenvalue weighted by Gasteiger charge is 2.46. The van der Waals surface area contributed by atoms with Gasteiger partial charge in [0.1, 0.15) is 11.4 Å². The molecular formula is C39H44N2O9S3. The molecule has 0 fully saturated rings. The van der Waals surface area contributed by atoms with Gasteiger partial charge in [-0.2, -0.15) is 21.4 Å². The average Bonchev–Trinajstić information content (AvgIpc) is 3.42. The number of anilines is 1. The Hall–Kier alpha value is -3.92. The maximum Gasteiger partial charge on any atom is 0.295 e. The molecule has 2 N–H and O–H groups in total. The summed E-state index contributed by atoms with van der Waals surface area (Å²) in [6.45, 7) is 9.30. The zero-order valence-electron chi connectivity index (χ0n) is 30.1. The van der Waals surface area contributed by atoms with E-state index in [2.05, 4.69) is 53.7 Å². The first-order valence-corrected chi connectivity index (χ1v) is 22.1. The molecule has 0 unspecified atom stereocenters. The Morgan fingerprint density at radius 3 is 2.13 bits per heavy atom. The van der Waals surface area contributed by atoms with Crippen molar-refractivity contribution < 1.29 is 43.5 Å². The third kappa shape index (κ3) is 7.71. The molecular weight excluding hydrogens is 737 g/mol. The molecule has 0 aromatic heterocycles. The van der Waals surface area contributed by atoms with E-state index in [0.717, 1.165) is 44.7 Å². The number of rotatable bonds is 13. The van der Waals surface area contributed by atoms with Gasteiger partial charge in [0, 0.05) is 58.6 Å². The molecule has 0 atom stereocenters. The van der Waals surface area contributed by atoms with E-state index in [9.17, 15) is 38.9 Å². The number of fused-ring (bicyclic) bond motifs is 6. The Labute approximate surface area is 311 Å². The van der Waals surface area contributed by atoms with Crippen molar-refractivity contribution in [2.75, 3.05) is 29.5 Å². The number of nitrogens with zero attached hydrogens (tertiary/aromatic N) is 2. The third-order valence-electron chi connectivity index (χ3n) is 10.4. The van der Waals surface area contributed by atoms with Crippen LogP contribution in [0.2, 0.25) is 0 Å². The fourth-order valence-corrected chi connectivity index (χ4v) is 10.0. The predicted molar refractivity (Wildman–Crippen MR) is 208 cm³/mol. The lowest BCUT2D eigenvalue weighted by molar-refractivity contribution is -0.438. The zero-order chi connectivity index (χ0) is 38.6. The number of hydrogen-bond donors (Lipinski definition) is 2. The van der Waals surface area contributed by atoms with Gasteiger partial charge in [-0.05, 0) is 79.1 Å². The Balaban J connectivity index is 1.45. The molecule has 53 heavy (non-hydrogen) atoms. The smallest absolute Gasteiger partial charge is 0.295 e. The topological polar surface area (TPSA) is 172 Å². The Morgan fingerprint density at radius 1 is 0.736 bits per heavy atom. The van der Waals surface area contributed by atoms with Gasteiger partial charge in [-0.15, -0.1) is 0 Å². The van der Waals surface area contributed by atoms with Crippen molar-refractivity contribution in [1.29, 1.82) is 0 Å². The molecule has 0 bridgehead atoms. The van der Waals surface area contributed by atoms with Crippen LogP contribution in [0.3, 0.4) is 0 Å². The van der Waals surface area contributed by atoms with Gasteiger partial charge in [-0.25, -0.2) is 8.42 Å². The van der Waals surface area contributed by atoms with Crippen molar-refractivity contribution in [3.05, 3.63) is 102 Å². The van der Waals surface area contributed by atoms with Crippen molar-refractivity contribution in [3.63, 3.8) is 0 Å². The van der Waals surface area contributed by atoms with Crippen LogP contribution in [0.4, 0.5) is 11.4 Å². The first kappa shape index (κ1) is 38.8. The summed E-state index contributed by atoms with van der Waals surface area (Å²) in [5.74, 6) is -0.799. The second kappa shape index (κ2) is 14.1. The van der Waals surface area contributed by atoms with E-state index in [1.807, 2.05) is 50.3 Å². The highest BCUT2D eigenvalue weighted by molar-refractivity contribution is 7.86. The first-order chi connectivity index (χ1) is 24.7. The highest BCUT2D eigenvalue weighted by Crippen LogP contribution is 2.51. The molecule has 2 aliphatic heterocycles. The van der Waals surface area contributed by atoms with Crippen molar-refractivity contribution in [2.45, 2.75) is 69.1 Å². The van der Waals surface area contributed by atoms with E-state index in [-0.39, 0.29) is 23.5 Å². The number of hydrogen-bond acceptors (Lipinski definition) is 8. The summed E-state index contributed by atoms with van der Waals surface area (Å²) in [5, 5.41) is 3.27. The van der Waals surface area contributed by atoms with Crippen LogP contribution in [-0.2, 0) is 41.2 Å². The lowest BCUT2D eigenvalue weighted by Crippen LogP contribution is -2.28. The van der Waals surface area contributed by atoms with Crippen LogP contribution in [0.25, 0.3) is 21.5 Å². The molecule has 2 heterocycles. The molecule has 282 valence electrons. The minimum atomic E-state index is -4.51. The van der Waals surface area contributed by atoms with E-state index in [1.54, 1.807) is 12.1 Å². The van der Waals surface area contributed by atoms with Crippen molar-refractivity contribution >= 4 is 69.0 Å². The van der Waals surface area contributed by atoms with Crippen molar-refractivity contribution in [2.24, 2.45) is 0 Å². The molecule has 0 saturated heterocycles. The summed E-state index contributed by atoms with van der Waals surface area (Å²) in [7, 11) is -13.0. The molecule has 2 aliphatic rings. The summed E-state index contributed by atoms with van der Waals surface area (Å²) in [6, 6.07) is 20.6. The van der Waals surface area contributed by atoms with Crippen LogP contribution in [0.5, 0.6) is 0 Å². The summed E-state index contributed by atoms with van der Waals surface area (Å²) in [5.41, 5.74) is 4.59. The summed E-state index contributed by atoms with van der Waals surface area (Å²) >= 11 is 0. The standard InChI is InChI=1S/C39H44N2O9S3/c1-38(2)34(40(23-7-9-25-51(42,43)44)31-21-19-27-13-5-6-14-28(27)36(31)38)17-12-18-35-39(3,4)37-30-15-11-16-33(53(48,49)50)29(30)20-22-32(37)41(35)24-8-10-26-52(45,46)47/h5-6,11-22H,7-10,23-26H2,1-4H3,(H2-,42,43,44,45,46,47,48,49,50). The van der Waals surface area contributed by atoms with E-state index < -0.39 is 46.9 Å². The van der Waals surface area contributed by atoms with Gasteiger partial charge in [-0.3, -0.25) is 9.11 Å². The molecule has 0 aliphatic carbocycles. The van der Waals surface area contributed by atoms with Crippen LogP contribution in [-0.4, -0.2) is 73.8 Å². The lowest BCUT2D eigenvalue weighted by atomic mass is 9.79. The van der Waals surface area contributed by atoms with Gasteiger partial charge in [0.25, 0.3) is 20.2 Å². The molecule has 0 radical (unpaired) electrons. The first-order valence-electron chi connectivity index (χ1n) is 17.5. The highest BCUT2D eigenvalue weighted by atomic mass is 32.2. The average molecular weight is 781 g/mol. The van der Waals surface area contributed by atoms with Crippen LogP contribution < -0.4 is 4.90 Å². The van der Waals surface area contributed by atoms with Crippen LogP contribution in [0, 0.1) is 0 Å². The summed E-state index contributed by atoms with van der Waals surface area (Å²) in [6.07, 6.45) is 7.43. The molecule has 0 amide bonds. The van der Waals surface area contributed by atoms with Gasteiger partial charge in [0.15, 0.2) is 5.71 Å². The van der Waals surface area contributed by atoms with Crippen LogP contribution in [0.15, 0.2) is 95.6 Å². The monoisotopic (exact) mass is 780 g/mol. The second-order valence-electron chi connectivity index (χ2n) is 14.8. The number of benzene rings is 4. The molecule has 14 heteroatoms. The Kier molecular flexibility index (Phi) is 10.3. The van der Waals surface area contributed by atoms with Crippen molar-refractivity contribution in [1.82, 2.24) is 0 Å². The van der Waals surface area contributed by atoms with E-state index in [4.69, 9.17) is 0 Å². The van der Waals surface area contributed by atoms with Gasteiger partial charge >= 0.3 is 0 Å².